The van der Waals surface area contributed by atoms with Crippen LogP contribution in [0.1, 0.15) is 134 Å². The summed E-state index contributed by atoms with van der Waals surface area (Å²) in [5.41, 5.74) is 5.97. The highest BCUT2D eigenvalue weighted by atomic mass is 16.7. The van der Waals surface area contributed by atoms with E-state index in [1.807, 2.05) is 72.8 Å². The van der Waals surface area contributed by atoms with E-state index in [-0.39, 0.29) is 46.4 Å². The van der Waals surface area contributed by atoms with E-state index in [2.05, 4.69) is 95.2 Å². The van der Waals surface area contributed by atoms with Crippen LogP contribution < -0.4 is 0 Å². The normalized spacial score (nSPS) is 23.4. The molecule has 2 saturated heterocycles. The van der Waals surface area contributed by atoms with E-state index in [0.717, 1.165) is 33.4 Å². The van der Waals surface area contributed by atoms with Crippen molar-refractivity contribution in [2.24, 2.45) is 9.98 Å². The molecular weight excluding hydrogens is 725 g/mol. The van der Waals surface area contributed by atoms with Crippen molar-refractivity contribution < 1.29 is 29.2 Å². The molecule has 4 unspecified atom stereocenters. The summed E-state index contributed by atoms with van der Waals surface area (Å²) in [5.74, 6) is 0.379. The summed E-state index contributed by atoms with van der Waals surface area (Å²) in [7, 11) is 0. The Labute approximate surface area is 346 Å². The molecule has 0 radical (unpaired) electrons. The second-order valence-electron chi connectivity index (χ2n) is 20.0. The van der Waals surface area contributed by atoms with E-state index in [4.69, 9.17) is 28.9 Å². The highest BCUT2D eigenvalue weighted by molar-refractivity contribution is 5.86. The Balaban J connectivity index is 1.51. The molecule has 2 N–H and O–H groups in total. The minimum atomic E-state index is -0.852. The lowest BCUT2D eigenvalue weighted by atomic mass is 9.79. The van der Waals surface area contributed by atoms with Gasteiger partial charge in [0.1, 0.15) is 35.8 Å². The van der Waals surface area contributed by atoms with Gasteiger partial charge in [0.2, 0.25) is 0 Å². The van der Waals surface area contributed by atoms with Crippen molar-refractivity contribution >= 4 is 12.4 Å². The van der Waals surface area contributed by atoms with Gasteiger partial charge < -0.3 is 29.2 Å². The van der Waals surface area contributed by atoms with Crippen molar-refractivity contribution in [2.75, 3.05) is 6.61 Å². The van der Waals surface area contributed by atoms with Crippen LogP contribution in [0.3, 0.4) is 0 Å². The second kappa shape index (κ2) is 16.7. The van der Waals surface area contributed by atoms with Gasteiger partial charge in [-0.3, -0.25) is 9.98 Å². The molecule has 8 heteroatoms. The second-order valence-corrected chi connectivity index (χ2v) is 20.0. The molecule has 58 heavy (non-hydrogen) atoms. The van der Waals surface area contributed by atoms with Crippen molar-refractivity contribution in [2.45, 2.75) is 148 Å². The smallest absolute Gasteiger partial charge is 0.184 e. The van der Waals surface area contributed by atoms with E-state index in [1.54, 1.807) is 12.4 Å². The third-order valence-corrected chi connectivity index (χ3v) is 11.1. The molecule has 2 heterocycles. The number of nitrogens with zero attached hydrogens (tertiary/aromatic N) is 2. The zero-order valence-electron chi connectivity index (χ0n) is 36.5. The number of rotatable bonds is 8. The average molecular weight is 789 g/mol. The van der Waals surface area contributed by atoms with E-state index in [1.165, 1.54) is 0 Å². The van der Waals surface area contributed by atoms with Crippen molar-refractivity contribution in [1.82, 2.24) is 0 Å². The molecule has 8 nitrogen and oxygen atoms in total. The highest BCUT2D eigenvalue weighted by Crippen LogP contribution is 2.41. The fraction of sp³-hybridized carbons (Fsp3) is 0.480. The molecule has 0 aromatic heterocycles. The van der Waals surface area contributed by atoms with Gasteiger partial charge in [-0.1, -0.05) is 156 Å². The third-order valence-electron chi connectivity index (χ3n) is 11.1. The monoisotopic (exact) mass is 788 g/mol. The summed E-state index contributed by atoms with van der Waals surface area (Å²) in [5, 5.41) is 23.6. The number of hydrogen-bond acceptors (Lipinski definition) is 8. The van der Waals surface area contributed by atoms with Crippen LogP contribution in [-0.4, -0.2) is 59.8 Å². The van der Waals surface area contributed by atoms with Crippen LogP contribution in [0.2, 0.25) is 0 Å². The molecule has 0 spiro atoms. The molecular formula is C50H64N2O6. The van der Waals surface area contributed by atoms with Gasteiger partial charge >= 0.3 is 0 Å². The lowest BCUT2D eigenvalue weighted by Gasteiger charge is -2.47. The number of benzene rings is 4. The van der Waals surface area contributed by atoms with Crippen molar-refractivity contribution in [3.63, 3.8) is 0 Å². The summed E-state index contributed by atoms with van der Waals surface area (Å²) < 4.78 is 26.5. The Hall–Kier alpha value is -4.34. The van der Waals surface area contributed by atoms with Gasteiger partial charge in [-0.2, -0.15) is 0 Å². The summed E-state index contributed by atoms with van der Waals surface area (Å²) in [4.78, 5) is 10.5. The van der Waals surface area contributed by atoms with Crippen LogP contribution in [0.4, 0.5) is 0 Å². The lowest BCUT2D eigenvalue weighted by molar-refractivity contribution is -0.325. The van der Waals surface area contributed by atoms with Crippen LogP contribution in [0.25, 0.3) is 0 Å². The molecule has 310 valence electrons. The van der Waals surface area contributed by atoms with Gasteiger partial charge in [0.15, 0.2) is 12.6 Å². The molecule has 6 atom stereocenters. The SMILES string of the molecule is CC(C)(C)c1cc(C=N[C@@H]2C(OCc3ccccc3)OC3COC(c4ccccc4)OC3[C@H]2N=Cc2cc(C(C)(C)C)cc(C(C)(C)C)c2O)c(O)c(C(C)(C)C)c1. The fourth-order valence-corrected chi connectivity index (χ4v) is 7.43. The number of ether oxygens (including phenoxy) is 4. The van der Waals surface area contributed by atoms with E-state index < -0.39 is 36.9 Å². The minimum Gasteiger partial charge on any atom is -0.507 e. The zero-order valence-corrected chi connectivity index (χ0v) is 36.5. The number of aliphatic imine (C=N–C) groups is 2. The molecule has 2 aliphatic heterocycles. The maximum atomic E-state index is 11.8. The van der Waals surface area contributed by atoms with Crippen molar-refractivity contribution in [3.05, 3.63) is 129 Å². The van der Waals surface area contributed by atoms with Crippen LogP contribution in [0, 0.1) is 0 Å². The quantitative estimate of drug-likeness (QED) is 0.172. The number of hydrogen-bond donors (Lipinski definition) is 2. The molecule has 6 rings (SSSR count). The van der Waals surface area contributed by atoms with Gasteiger partial charge in [0, 0.05) is 40.2 Å². The first-order valence-corrected chi connectivity index (χ1v) is 20.6. The predicted octanol–water partition coefficient (Wildman–Crippen LogP) is 10.6. The van der Waals surface area contributed by atoms with Gasteiger partial charge in [-0.15, -0.1) is 0 Å². The van der Waals surface area contributed by atoms with Crippen molar-refractivity contribution in [1.29, 1.82) is 0 Å². The first-order valence-electron chi connectivity index (χ1n) is 20.6. The van der Waals surface area contributed by atoms with Crippen LogP contribution in [0.15, 0.2) is 94.9 Å². The third kappa shape index (κ3) is 9.91. The summed E-state index contributed by atoms with van der Waals surface area (Å²) in [6.07, 6.45) is 0.869. The minimum absolute atomic E-state index is 0.175. The average Bonchev–Trinajstić information content (AvgIpc) is 3.15. The van der Waals surface area contributed by atoms with E-state index in [9.17, 15) is 10.2 Å². The first kappa shape index (κ1) is 43.2. The molecule has 0 amide bonds. The molecule has 0 saturated carbocycles. The molecule has 4 aromatic carbocycles. The van der Waals surface area contributed by atoms with Crippen LogP contribution >= 0.6 is 0 Å². The lowest BCUT2D eigenvalue weighted by Crippen LogP contribution is -2.61. The highest BCUT2D eigenvalue weighted by Gasteiger charge is 2.50. The van der Waals surface area contributed by atoms with Gasteiger partial charge in [-0.05, 0) is 50.5 Å². The Bertz CT molecular complexity index is 2080. The molecule has 4 aromatic rings. The van der Waals surface area contributed by atoms with Crippen LogP contribution in [-0.2, 0) is 47.2 Å². The Morgan fingerprint density at radius 1 is 0.621 bits per heavy atom. The van der Waals surface area contributed by atoms with Gasteiger partial charge in [0.05, 0.1) is 13.2 Å². The van der Waals surface area contributed by atoms with Crippen LogP contribution in [0.5, 0.6) is 11.5 Å². The number of phenols is 2. The van der Waals surface area contributed by atoms with E-state index >= 15 is 0 Å². The fourth-order valence-electron chi connectivity index (χ4n) is 7.43. The largest absolute Gasteiger partial charge is 0.507 e. The predicted molar refractivity (Wildman–Crippen MR) is 234 cm³/mol. The van der Waals surface area contributed by atoms with E-state index in [0.29, 0.717) is 11.1 Å². The molecule has 2 aliphatic rings. The number of phenolic OH excluding ortho intramolecular Hbond substituents is 2. The Morgan fingerprint density at radius 2 is 1.10 bits per heavy atom. The maximum absolute atomic E-state index is 11.8. The standard InChI is InChI=1S/C50H64N2O6/c1-47(2,3)35-23-33(42(53)37(25-35)49(7,8)9)27-51-40-41(52-28-34-24-36(48(4,5)6)26-38(43(34)54)50(10,11)12)46(55-29-31-19-15-13-16-20-31)57-39-30-56-45(58-44(39)40)32-21-17-14-18-22-32/h13-28,39-41,44-46,53-54H,29-30H2,1-12H3/t39?,40-,41-,44?,45?,46?/m0/s1. The number of fused-ring (bicyclic) bond motifs is 1. The topological polar surface area (TPSA) is 102 Å². The van der Waals surface area contributed by atoms with Gasteiger partial charge in [0.25, 0.3) is 0 Å². The number of aromatic hydroxyl groups is 2. The molecule has 0 bridgehead atoms. The molecule has 0 aliphatic carbocycles. The first-order chi connectivity index (χ1) is 27.1. The Kier molecular flexibility index (Phi) is 12.5. The van der Waals surface area contributed by atoms with Gasteiger partial charge in [-0.25, -0.2) is 0 Å². The summed E-state index contributed by atoms with van der Waals surface area (Å²) >= 11 is 0. The van der Waals surface area contributed by atoms with Crippen molar-refractivity contribution in [3.8, 4) is 11.5 Å². The Morgan fingerprint density at radius 3 is 1.59 bits per heavy atom. The summed E-state index contributed by atoms with van der Waals surface area (Å²) in [6.45, 7) is 26.2. The maximum Gasteiger partial charge on any atom is 0.184 e. The molecule has 2 fully saturated rings. The zero-order chi connectivity index (χ0) is 42.2. The summed E-state index contributed by atoms with van der Waals surface area (Å²) in [6, 6.07) is 26.7.